The zero-order valence-corrected chi connectivity index (χ0v) is 12.6. The molecule has 2 heterocycles. The van der Waals surface area contributed by atoms with Crippen molar-refractivity contribution in [2.24, 2.45) is 0 Å². The Morgan fingerprint density at radius 1 is 1.45 bits per heavy atom. The third-order valence-corrected chi connectivity index (χ3v) is 4.71. The quantitative estimate of drug-likeness (QED) is 0.846. The first kappa shape index (κ1) is 14.7. The molecule has 1 unspecified atom stereocenters. The van der Waals surface area contributed by atoms with Gasteiger partial charge < -0.3 is 11.1 Å². The van der Waals surface area contributed by atoms with Crippen LogP contribution in [0.2, 0.25) is 0 Å². The first-order valence-electron chi connectivity index (χ1n) is 5.75. The first-order chi connectivity index (χ1) is 9.28. The van der Waals surface area contributed by atoms with Crippen LogP contribution in [0.4, 0.5) is 5.69 Å². The highest BCUT2D eigenvalue weighted by molar-refractivity contribution is 7.90. The Labute approximate surface area is 120 Å². The van der Waals surface area contributed by atoms with Gasteiger partial charge in [-0.3, -0.25) is 4.79 Å². The average Bonchev–Trinajstić information content (AvgIpc) is 2.65. The van der Waals surface area contributed by atoms with Gasteiger partial charge in [-0.25, -0.2) is 18.4 Å². The van der Waals surface area contributed by atoms with Crippen molar-refractivity contribution in [3.05, 3.63) is 17.3 Å². The molecular formula is C11H14N4O3S2. The maximum atomic E-state index is 12.1. The van der Waals surface area contributed by atoms with E-state index >= 15 is 0 Å². The van der Waals surface area contributed by atoms with E-state index in [9.17, 15) is 13.2 Å². The minimum Gasteiger partial charge on any atom is -0.396 e. The van der Waals surface area contributed by atoms with Gasteiger partial charge in [-0.15, -0.1) is 11.3 Å². The molecule has 0 saturated carbocycles. The number of anilines is 1. The third kappa shape index (κ3) is 3.23. The van der Waals surface area contributed by atoms with Crippen molar-refractivity contribution in [3.8, 4) is 0 Å². The number of nitrogens with one attached hydrogen (secondary N) is 1. The Bertz CT molecular complexity index is 754. The molecule has 1 amide bonds. The lowest BCUT2D eigenvalue weighted by atomic mass is 10.3. The molecule has 20 heavy (non-hydrogen) atoms. The number of nitrogens with zero attached hydrogens (tertiary/aromatic N) is 2. The van der Waals surface area contributed by atoms with Crippen molar-refractivity contribution in [2.75, 3.05) is 17.7 Å². The molecule has 9 heteroatoms. The van der Waals surface area contributed by atoms with Crippen molar-refractivity contribution < 1.29 is 13.2 Å². The standard InChI is InChI=1S/C11H14N4O3S2/c1-6(5-20(2,17)18)15-10(16)9-7(12)8-11(19-9)14-4-3-13-8/h3-4,6H,5,12H2,1-2H3,(H,15,16). The molecule has 0 fully saturated rings. The van der Waals surface area contributed by atoms with Gasteiger partial charge in [0, 0.05) is 24.7 Å². The summed E-state index contributed by atoms with van der Waals surface area (Å²) in [6, 6.07) is -0.497. The molecule has 7 nitrogen and oxygen atoms in total. The fourth-order valence-corrected chi connectivity index (χ4v) is 3.71. The topological polar surface area (TPSA) is 115 Å². The van der Waals surface area contributed by atoms with Gasteiger partial charge in [-0.2, -0.15) is 0 Å². The van der Waals surface area contributed by atoms with E-state index in [1.807, 2.05) is 0 Å². The number of rotatable bonds is 4. The molecule has 0 spiro atoms. The number of fused-ring (bicyclic) bond motifs is 1. The van der Waals surface area contributed by atoms with Gasteiger partial charge in [0.25, 0.3) is 5.91 Å². The predicted octanol–water partition coefficient (Wildman–Crippen LogP) is 0.436. The molecular weight excluding hydrogens is 300 g/mol. The summed E-state index contributed by atoms with van der Waals surface area (Å²) >= 11 is 1.13. The van der Waals surface area contributed by atoms with Gasteiger partial charge in [0.05, 0.1) is 11.4 Å². The van der Waals surface area contributed by atoms with E-state index in [4.69, 9.17) is 5.73 Å². The lowest BCUT2D eigenvalue weighted by molar-refractivity contribution is 0.0948. The summed E-state index contributed by atoms with van der Waals surface area (Å²) < 4.78 is 22.3. The molecule has 0 aromatic carbocycles. The van der Waals surface area contributed by atoms with Crippen molar-refractivity contribution in [1.82, 2.24) is 15.3 Å². The Morgan fingerprint density at radius 2 is 2.10 bits per heavy atom. The van der Waals surface area contributed by atoms with Crippen LogP contribution in [0.3, 0.4) is 0 Å². The minimum absolute atomic E-state index is 0.125. The maximum Gasteiger partial charge on any atom is 0.263 e. The van der Waals surface area contributed by atoms with E-state index in [2.05, 4.69) is 15.3 Å². The fourth-order valence-electron chi connectivity index (χ4n) is 1.80. The predicted molar refractivity (Wildman–Crippen MR) is 78.5 cm³/mol. The van der Waals surface area contributed by atoms with E-state index in [0.717, 1.165) is 17.6 Å². The molecule has 3 N–H and O–H groups in total. The lowest BCUT2D eigenvalue weighted by Crippen LogP contribution is -2.37. The highest BCUT2D eigenvalue weighted by Crippen LogP contribution is 2.30. The summed E-state index contributed by atoms with van der Waals surface area (Å²) in [7, 11) is -3.15. The molecule has 2 aromatic rings. The SMILES string of the molecule is CC(CS(C)(=O)=O)NC(=O)c1sc2nccnc2c1N. The van der Waals surface area contributed by atoms with Crippen LogP contribution in [0, 0.1) is 0 Å². The average molecular weight is 314 g/mol. The van der Waals surface area contributed by atoms with Gasteiger partial charge in [0.2, 0.25) is 0 Å². The monoisotopic (exact) mass is 314 g/mol. The smallest absolute Gasteiger partial charge is 0.263 e. The molecule has 0 aliphatic heterocycles. The number of hydrogen-bond donors (Lipinski definition) is 2. The van der Waals surface area contributed by atoms with Crippen LogP contribution in [0.1, 0.15) is 16.6 Å². The Hall–Kier alpha value is -1.74. The van der Waals surface area contributed by atoms with Gasteiger partial charge in [-0.05, 0) is 6.92 Å². The first-order valence-corrected chi connectivity index (χ1v) is 8.63. The zero-order chi connectivity index (χ0) is 14.9. The molecule has 0 aliphatic carbocycles. The Morgan fingerprint density at radius 3 is 2.70 bits per heavy atom. The van der Waals surface area contributed by atoms with Crippen molar-refractivity contribution >= 4 is 43.1 Å². The Balaban J connectivity index is 2.22. The molecule has 2 aromatic heterocycles. The summed E-state index contributed by atoms with van der Waals surface area (Å²) in [5, 5.41) is 2.61. The normalized spacial score (nSPS) is 13.3. The second-order valence-corrected chi connectivity index (χ2v) is 7.71. The number of amides is 1. The van der Waals surface area contributed by atoms with E-state index in [-0.39, 0.29) is 11.4 Å². The van der Waals surface area contributed by atoms with Crippen LogP contribution in [0.5, 0.6) is 0 Å². The number of hydrogen-bond acceptors (Lipinski definition) is 7. The number of sulfone groups is 1. The van der Waals surface area contributed by atoms with E-state index in [1.165, 1.54) is 12.4 Å². The second kappa shape index (κ2) is 5.33. The van der Waals surface area contributed by atoms with Gasteiger partial charge >= 0.3 is 0 Å². The van der Waals surface area contributed by atoms with Crippen LogP contribution in [-0.4, -0.2) is 42.3 Å². The largest absolute Gasteiger partial charge is 0.396 e. The number of aromatic nitrogens is 2. The number of carbonyl (C=O) groups excluding carboxylic acids is 1. The highest BCUT2D eigenvalue weighted by Gasteiger charge is 2.20. The van der Waals surface area contributed by atoms with Crippen LogP contribution in [0.15, 0.2) is 12.4 Å². The summed E-state index contributed by atoms with van der Waals surface area (Å²) in [6.07, 6.45) is 4.14. The summed E-state index contributed by atoms with van der Waals surface area (Å²) in [5.41, 5.74) is 6.62. The third-order valence-electron chi connectivity index (χ3n) is 2.50. The Kier molecular flexibility index (Phi) is 3.91. The maximum absolute atomic E-state index is 12.1. The van der Waals surface area contributed by atoms with Crippen molar-refractivity contribution in [1.29, 1.82) is 0 Å². The molecule has 0 radical (unpaired) electrons. The molecule has 1 atom stereocenters. The zero-order valence-electron chi connectivity index (χ0n) is 11.0. The molecule has 0 saturated heterocycles. The van der Waals surface area contributed by atoms with Crippen LogP contribution < -0.4 is 11.1 Å². The number of nitrogen functional groups attached to an aromatic ring is 1. The number of nitrogens with two attached hydrogens (primary N) is 1. The van der Waals surface area contributed by atoms with Gasteiger partial charge in [0.15, 0.2) is 0 Å². The lowest BCUT2D eigenvalue weighted by Gasteiger charge is -2.11. The fraction of sp³-hybridized carbons (Fsp3) is 0.364. The molecule has 0 bridgehead atoms. The van der Waals surface area contributed by atoms with E-state index < -0.39 is 21.8 Å². The van der Waals surface area contributed by atoms with E-state index in [0.29, 0.717) is 15.2 Å². The summed E-state index contributed by atoms with van der Waals surface area (Å²) in [4.78, 5) is 21.1. The van der Waals surface area contributed by atoms with Crippen LogP contribution in [0.25, 0.3) is 10.3 Å². The van der Waals surface area contributed by atoms with Gasteiger partial charge in [0.1, 0.15) is 25.1 Å². The van der Waals surface area contributed by atoms with Crippen LogP contribution >= 0.6 is 11.3 Å². The molecule has 108 valence electrons. The van der Waals surface area contributed by atoms with E-state index in [1.54, 1.807) is 6.92 Å². The minimum atomic E-state index is -3.15. The van der Waals surface area contributed by atoms with Crippen LogP contribution in [-0.2, 0) is 9.84 Å². The highest BCUT2D eigenvalue weighted by atomic mass is 32.2. The number of thiophene rings is 1. The number of carbonyl (C=O) groups is 1. The van der Waals surface area contributed by atoms with Crippen molar-refractivity contribution in [3.63, 3.8) is 0 Å². The molecule has 0 aliphatic rings. The molecule has 2 rings (SSSR count). The van der Waals surface area contributed by atoms with Gasteiger partial charge in [-0.1, -0.05) is 0 Å². The second-order valence-electron chi connectivity index (χ2n) is 4.52. The van der Waals surface area contributed by atoms with Crippen molar-refractivity contribution in [2.45, 2.75) is 13.0 Å². The summed E-state index contributed by atoms with van der Waals surface area (Å²) in [6.45, 7) is 1.62. The summed E-state index contributed by atoms with van der Waals surface area (Å²) in [5.74, 6) is -0.538.